The predicted octanol–water partition coefficient (Wildman–Crippen LogP) is 5.05. The van der Waals surface area contributed by atoms with Gasteiger partial charge in [0, 0.05) is 35.3 Å². The summed E-state index contributed by atoms with van der Waals surface area (Å²) in [5, 5.41) is 0.523. The van der Waals surface area contributed by atoms with Gasteiger partial charge < -0.3 is 4.90 Å². The van der Waals surface area contributed by atoms with Crippen molar-refractivity contribution in [1.29, 1.82) is 0 Å². The number of nitrogens with one attached hydrogen (secondary N) is 1. The van der Waals surface area contributed by atoms with Crippen LogP contribution in [0.4, 0.5) is 5.69 Å². The lowest BCUT2D eigenvalue weighted by Crippen LogP contribution is -2.33. The van der Waals surface area contributed by atoms with Gasteiger partial charge in [-0.15, -0.1) is 11.3 Å². The Kier molecular flexibility index (Phi) is 6.37. The summed E-state index contributed by atoms with van der Waals surface area (Å²) in [4.78, 5) is 34.3. The first kappa shape index (κ1) is 21.8. The lowest BCUT2D eigenvalue weighted by Gasteiger charge is -2.19. The van der Waals surface area contributed by atoms with Crippen LogP contribution in [0.1, 0.15) is 35.0 Å². The molecule has 2 heterocycles. The molecule has 0 aliphatic carbocycles. The zero-order valence-electron chi connectivity index (χ0n) is 18.5. The number of fused-ring (bicyclic) bond motifs is 1. The van der Waals surface area contributed by atoms with Crippen LogP contribution in [0.3, 0.4) is 0 Å². The van der Waals surface area contributed by atoms with E-state index in [0.717, 1.165) is 41.1 Å². The van der Waals surface area contributed by atoms with E-state index in [9.17, 15) is 9.59 Å². The number of anilines is 1. The maximum atomic E-state index is 13.3. The average Bonchev–Trinajstić information content (AvgIpc) is 3.16. The number of hydrogen-bond acceptors (Lipinski definition) is 5. The van der Waals surface area contributed by atoms with Gasteiger partial charge >= 0.3 is 0 Å². The highest BCUT2D eigenvalue weighted by Crippen LogP contribution is 2.35. The van der Waals surface area contributed by atoms with Gasteiger partial charge in [-0.2, -0.15) is 0 Å². The lowest BCUT2D eigenvalue weighted by molar-refractivity contribution is 0.101. The zero-order chi connectivity index (χ0) is 22.7. The summed E-state index contributed by atoms with van der Waals surface area (Å²) in [6.07, 6.45) is 3.62. The van der Waals surface area contributed by atoms with E-state index in [1.54, 1.807) is 12.1 Å². The maximum Gasteiger partial charge on any atom is 0.281 e. The number of thiophene rings is 1. The highest BCUT2D eigenvalue weighted by molar-refractivity contribution is 7.19. The molecule has 1 amide bonds. The van der Waals surface area contributed by atoms with Crippen molar-refractivity contribution >= 4 is 33.1 Å². The van der Waals surface area contributed by atoms with Crippen molar-refractivity contribution in [2.24, 2.45) is 0 Å². The molecule has 1 N–H and O–H groups in total. The first-order chi connectivity index (χ1) is 15.5. The molecular weight excluding hydrogens is 420 g/mol. The lowest BCUT2D eigenvalue weighted by atomic mass is 10.0. The molecule has 2 aromatic heterocycles. The summed E-state index contributed by atoms with van der Waals surface area (Å²) in [6, 6.07) is 17.2. The third kappa shape index (κ3) is 4.29. The highest BCUT2D eigenvalue weighted by Gasteiger charge is 2.18. The van der Waals surface area contributed by atoms with E-state index < -0.39 is 0 Å². The van der Waals surface area contributed by atoms with E-state index in [4.69, 9.17) is 0 Å². The molecular formula is C25H26N4O2S. The Morgan fingerprint density at radius 1 is 1.12 bits per heavy atom. The zero-order valence-corrected chi connectivity index (χ0v) is 19.3. The number of nitrogens with zero attached hydrogens (tertiary/aromatic N) is 3. The molecule has 0 unspecified atom stereocenters. The standard InChI is InChI=1S/C25H26N4O2S/c1-4-5-15-28(3)20-13-11-19(12-14-20)23(30)27-29-16-26-24-22(25(29)31)21(17(2)32-24)18-9-7-6-8-10-18/h6-14,16H,4-5,15H2,1-3H3,(H,27,30). The topological polar surface area (TPSA) is 67.2 Å². The Bertz CT molecular complexity index is 1290. The van der Waals surface area contributed by atoms with Crippen LogP contribution < -0.4 is 15.9 Å². The Labute approximate surface area is 191 Å². The van der Waals surface area contributed by atoms with Crippen LogP contribution in [0.5, 0.6) is 0 Å². The molecule has 2 aromatic carbocycles. The van der Waals surface area contributed by atoms with Gasteiger partial charge in [0.05, 0.1) is 5.39 Å². The van der Waals surface area contributed by atoms with Gasteiger partial charge in [-0.1, -0.05) is 43.7 Å². The van der Waals surface area contributed by atoms with Gasteiger partial charge in [-0.25, -0.2) is 9.66 Å². The van der Waals surface area contributed by atoms with Crippen LogP contribution in [0, 0.1) is 6.92 Å². The Hall–Kier alpha value is -3.45. The van der Waals surface area contributed by atoms with E-state index in [2.05, 4.69) is 22.2 Å². The van der Waals surface area contributed by atoms with Gasteiger partial charge in [0.15, 0.2) is 0 Å². The number of benzene rings is 2. The van der Waals surface area contributed by atoms with Gasteiger partial charge in [0.1, 0.15) is 11.2 Å². The molecule has 7 heteroatoms. The molecule has 0 saturated heterocycles. The third-order valence-electron chi connectivity index (χ3n) is 5.49. The molecule has 0 spiro atoms. The van der Waals surface area contributed by atoms with E-state index >= 15 is 0 Å². The molecule has 0 fully saturated rings. The molecule has 0 saturated carbocycles. The van der Waals surface area contributed by atoms with Crippen LogP contribution in [-0.2, 0) is 0 Å². The fourth-order valence-electron chi connectivity index (χ4n) is 3.70. The van der Waals surface area contributed by atoms with Crippen molar-refractivity contribution < 1.29 is 4.79 Å². The number of carbonyl (C=O) groups is 1. The second-order valence-corrected chi connectivity index (χ2v) is 8.97. The third-order valence-corrected chi connectivity index (χ3v) is 6.50. The van der Waals surface area contributed by atoms with Crippen LogP contribution in [0.2, 0.25) is 0 Å². The number of carbonyl (C=O) groups excluding carboxylic acids is 1. The summed E-state index contributed by atoms with van der Waals surface area (Å²) in [6.45, 7) is 5.11. The fraction of sp³-hybridized carbons (Fsp3) is 0.240. The molecule has 6 nitrogen and oxygen atoms in total. The Morgan fingerprint density at radius 3 is 2.53 bits per heavy atom. The summed E-state index contributed by atoms with van der Waals surface area (Å²) in [7, 11) is 2.04. The molecule has 0 bridgehead atoms. The van der Waals surface area contributed by atoms with Crippen molar-refractivity contribution in [2.45, 2.75) is 26.7 Å². The van der Waals surface area contributed by atoms with Crippen molar-refractivity contribution in [3.63, 3.8) is 0 Å². The predicted molar refractivity (Wildman–Crippen MR) is 132 cm³/mol. The van der Waals surface area contributed by atoms with Gasteiger partial charge in [-0.3, -0.25) is 15.0 Å². The van der Waals surface area contributed by atoms with Crippen molar-refractivity contribution in [2.75, 3.05) is 23.9 Å². The SMILES string of the molecule is CCCCN(C)c1ccc(C(=O)Nn2cnc3sc(C)c(-c4ccccc4)c3c2=O)cc1. The van der Waals surface area contributed by atoms with E-state index in [0.29, 0.717) is 15.8 Å². The molecule has 0 aliphatic heterocycles. The van der Waals surface area contributed by atoms with Crippen molar-refractivity contribution in [1.82, 2.24) is 9.66 Å². The number of aryl methyl sites for hydroxylation is 1. The monoisotopic (exact) mass is 446 g/mol. The summed E-state index contributed by atoms with van der Waals surface area (Å²) in [5.41, 5.74) is 5.75. The number of aromatic nitrogens is 2. The van der Waals surface area contributed by atoms with Crippen LogP contribution in [0.25, 0.3) is 21.3 Å². The minimum absolute atomic E-state index is 0.289. The number of hydrogen-bond donors (Lipinski definition) is 1. The first-order valence-corrected chi connectivity index (χ1v) is 11.5. The smallest absolute Gasteiger partial charge is 0.281 e. The Morgan fingerprint density at radius 2 is 1.84 bits per heavy atom. The van der Waals surface area contributed by atoms with E-state index in [1.165, 1.54) is 22.3 Å². The fourth-order valence-corrected chi connectivity index (χ4v) is 4.70. The second kappa shape index (κ2) is 9.36. The van der Waals surface area contributed by atoms with Gasteiger partial charge in [-0.05, 0) is 43.2 Å². The molecule has 0 aliphatic rings. The van der Waals surface area contributed by atoms with Crippen LogP contribution in [0.15, 0.2) is 65.7 Å². The summed E-state index contributed by atoms with van der Waals surface area (Å²) < 4.78 is 1.17. The molecule has 32 heavy (non-hydrogen) atoms. The molecule has 0 atom stereocenters. The van der Waals surface area contributed by atoms with Crippen molar-refractivity contribution in [3.8, 4) is 11.1 Å². The number of amides is 1. The first-order valence-electron chi connectivity index (χ1n) is 10.7. The average molecular weight is 447 g/mol. The van der Waals surface area contributed by atoms with E-state index in [1.807, 2.05) is 56.4 Å². The summed E-state index contributed by atoms with van der Waals surface area (Å²) in [5.74, 6) is -0.357. The summed E-state index contributed by atoms with van der Waals surface area (Å²) >= 11 is 1.48. The minimum atomic E-state index is -0.357. The van der Waals surface area contributed by atoms with Crippen LogP contribution in [-0.4, -0.2) is 29.2 Å². The minimum Gasteiger partial charge on any atom is -0.375 e. The molecule has 0 radical (unpaired) electrons. The number of unbranched alkanes of at least 4 members (excludes halogenated alkanes) is 1. The second-order valence-electron chi connectivity index (χ2n) is 7.76. The Balaban J connectivity index is 1.61. The van der Waals surface area contributed by atoms with Crippen LogP contribution >= 0.6 is 11.3 Å². The highest BCUT2D eigenvalue weighted by atomic mass is 32.1. The largest absolute Gasteiger partial charge is 0.375 e. The van der Waals surface area contributed by atoms with Crippen molar-refractivity contribution in [3.05, 3.63) is 81.7 Å². The normalized spacial score (nSPS) is 11.0. The maximum absolute atomic E-state index is 13.3. The molecule has 4 aromatic rings. The molecule has 164 valence electrons. The number of rotatable bonds is 7. The quantitative estimate of drug-likeness (QED) is 0.431. The van der Waals surface area contributed by atoms with Gasteiger partial charge in [0.25, 0.3) is 11.5 Å². The van der Waals surface area contributed by atoms with E-state index in [-0.39, 0.29) is 11.5 Å². The van der Waals surface area contributed by atoms with Gasteiger partial charge in [0.2, 0.25) is 0 Å². The molecule has 4 rings (SSSR count).